The van der Waals surface area contributed by atoms with Crippen molar-refractivity contribution in [3.05, 3.63) is 23.9 Å². The Kier molecular flexibility index (Phi) is 3.38. The van der Waals surface area contributed by atoms with Crippen molar-refractivity contribution in [3.63, 3.8) is 0 Å². The third kappa shape index (κ3) is 2.23. The number of ether oxygens (including phenoxy) is 2. The fourth-order valence-electron chi connectivity index (χ4n) is 2.15. The maximum Gasteiger partial charge on any atom is 0.269 e. The smallest absolute Gasteiger partial charge is 0.269 e. The lowest BCUT2D eigenvalue weighted by atomic mass is 10.2. The van der Waals surface area contributed by atoms with Gasteiger partial charge in [-0.05, 0) is 32.0 Å². The van der Waals surface area contributed by atoms with Crippen LogP contribution in [0.15, 0.2) is 18.2 Å². The van der Waals surface area contributed by atoms with E-state index in [-0.39, 0.29) is 6.10 Å². The van der Waals surface area contributed by atoms with Gasteiger partial charge in [-0.1, -0.05) is 0 Å². The molecule has 0 spiro atoms. The Morgan fingerprint density at radius 3 is 2.58 bits per heavy atom. The van der Waals surface area contributed by atoms with Crippen molar-refractivity contribution in [2.75, 3.05) is 7.11 Å². The highest BCUT2D eigenvalue weighted by Crippen LogP contribution is 2.35. The second-order valence-electron chi connectivity index (χ2n) is 4.65. The van der Waals surface area contributed by atoms with E-state index in [9.17, 15) is 4.79 Å². The Balaban J connectivity index is 2.77. The quantitative estimate of drug-likeness (QED) is 0.917. The van der Waals surface area contributed by atoms with Crippen LogP contribution in [0.4, 0.5) is 0 Å². The largest absolute Gasteiger partial charge is 0.497 e. The number of carbonyl (C=O) groups is 1. The molecule has 5 heteroatoms. The van der Waals surface area contributed by atoms with Gasteiger partial charge in [0.2, 0.25) is 0 Å². The minimum Gasteiger partial charge on any atom is -0.497 e. The van der Waals surface area contributed by atoms with Crippen LogP contribution in [0.25, 0.3) is 10.9 Å². The maximum atomic E-state index is 11.6. The van der Waals surface area contributed by atoms with E-state index in [4.69, 9.17) is 15.2 Å². The molecule has 2 rings (SSSR count). The van der Waals surface area contributed by atoms with Crippen molar-refractivity contribution in [1.82, 2.24) is 4.57 Å². The summed E-state index contributed by atoms with van der Waals surface area (Å²) in [6.45, 7) is 3.81. The number of nitrogens with zero attached hydrogens (tertiary/aromatic N) is 1. The molecule has 0 saturated heterocycles. The SMILES string of the molecule is COc1ccc2c(c1)c(OC(C)C)c(C(N)=O)n2C. The van der Waals surface area contributed by atoms with E-state index in [2.05, 4.69) is 0 Å². The molecular weight excluding hydrogens is 244 g/mol. The van der Waals surface area contributed by atoms with Crippen LogP contribution < -0.4 is 15.2 Å². The number of nitrogens with two attached hydrogens (primary N) is 1. The Morgan fingerprint density at radius 2 is 2.05 bits per heavy atom. The summed E-state index contributed by atoms with van der Waals surface area (Å²) in [4.78, 5) is 11.6. The van der Waals surface area contributed by atoms with Crippen LogP contribution in [0.1, 0.15) is 24.3 Å². The van der Waals surface area contributed by atoms with Crippen LogP contribution in [0.2, 0.25) is 0 Å². The van der Waals surface area contributed by atoms with Gasteiger partial charge >= 0.3 is 0 Å². The number of rotatable bonds is 4. The molecular formula is C14H18N2O3. The predicted octanol–water partition coefficient (Wildman–Crippen LogP) is 2.07. The molecule has 0 atom stereocenters. The molecule has 1 aromatic carbocycles. The van der Waals surface area contributed by atoms with E-state index >= 15 is 0 Å². The lowest BCUT2D eigenvalue weighted by Gasteiger charge is -2.10. The summed E-state index contributed by atoms with van der Waals surface area (Å²) in [6.07, 6.45) is -0.0464. The van der Waals surface area contributed by atoms with E-state index in [0.29, 0.717) is 17.2 Å². The minimum atomic E-state index is -0.506. The first-order valence-corrected chi connectivity index (χ1v) is 6.08. The maximum absolute atomic E-state index is 11.6. The van der Waals surface area contributed by atoms with Crippen molar-refractivity contribution >= 4 is 16.8 Å². The van der Waals surface area contributed by atoms with Gasteiger partial charge in [-0.25, -0.2) is 0 Å². The van der Waals surface area contributed by atoms with Gasteiger partial charge < -0.3 is 19.8 Å². The number of hydrogen-bond donors (Lipinski definition) is 1. The Bertz CT molecular complexity index is 629. The molecule has 2 N–H and O–H groups in total. The molecule has 1 heterocycles. The van der Waals surface area contributed by atoms with Crippen molar-refractivity contribution in [2.24, 2.45) is 12.8 Å². The number of amides is 1. The molecule has 1 aromatic heterocycles. The number of methoxy groups -OCH3 is 1. The first-order valence-electron chi connectivity index (χ1n) is 6.08. The summed E-state index contributed by atoms with van der Waals surface area (Å²) in [6, 6.07) is 5.57. The lowest BCUT2D eigenvalue weighted by Crippen LogP contribution is -2.18. The van der Waals surface area contributed by atoms with Gasteiger partial charge in [-0.3, -0.25) is 4.79 Å². The number of aromatic nitrogens is 1. The van der Waals surface area contributed by atoms with E-state index in [1.165, 1.54) is 0 Å². The highest BCUT2D eigenvalue weighted by atomic mass is 16.5. The van der Waals surface area contributed by atoms with E-state index in [0.717, 1.165) is 10.9 Å². The summed E-state index contributed by atoms with van der Waals surface area (Å²) in [5.74, 6) is 0.718. The third-order valence-electron chi connectivity index (χ3n) is 2.95. The Morgan fingerprint density at radius 1 is 1.37 bits per heavy atom. The zero-order valence-corrected chi connectivity index (χ0v) is 11.6. The highest BCUT2D eigenvalue weighted by molar-refractivity contribution is 6.03. The van der Waals surface area contributed by atoms with Crippen LogP contribution in [0, 0.1) is 0 Å². The zero-order valence-electron chi connectivity index (χ0n) is 11.6. The molecule has 0 radical (unpaired) electrons. The molecule has 19 heavy (non-hydrogen) atoms. The van der Waals surface area contributed by atoms with Gasteiger partial charge in [-0.2, -0.15) is 0 Å². The van der Waals surface area contributed by atoms with E-state index in [1.54, 1.807) is 18.7 Å². The molecule has 5 nitrogen and oxygen atoms in total. The Labute approximate surface area is 111 Å². The minimum absolute atomic E-state index is 0.0464. The van der Waals surface area contributed by atoms with Gasteiger partial charge in [0.15, 0.2) is 5.75 Å². The van der Waals surface area contributed by atoms with Crippen molar-refractivity contribution in [3.8, 4) is 11.5 Å². The number of benzene rings is 1. The molecule has 0 bridgehead atoms. The summed E-state index contributed by atoms with van der Waals surface area (Å²) in [7, 11) is 3.39. The van der Waals surface area contributed by atoms with Crippen LogP contribution in [-0.2, 0) is 7.05 Å². The number of hydrogen-bond acceptors (Lipinski definition) is 3. The monoisotopic (exact) mass is 262 g/mol. The van der Waals surface area contributed by atoms with Crippen LogP contribution >= 0.6 is 0 Å². The molecule has 0 aliphatic carbocycles. The molecule has 2 aromatic rings. The molecule has 0 aliphatic rings. The van der Waals surface area contributed by atoms with Crippen LogP contribution in [0.5, 0.6) is 11.5 Å². The van der Waals surface area contributed by atoms with Gasteiger partial charge in [0, 0.05) is 12.4 Å². The van der Waals surface area contributed by atoms with E-state index < -0.39 is 5.91 Å². The van der Waals surface area contributed by atoms with Crippen molar-refractivity contribution in [2.45, 2.75) is 20.0 Å². The van der Waals surface area contributed by atoms with E-state index in [1.807, 2.05) is 32.0 Å². The fourth-order valence-corrected chi connectivity index (χ4v) is 2.15. The van der Waals surface area contributed by atoms with Crippen LogP contribution in [0.3, 0.4) is 0 Å². The fraction of sp³-hybridized carbons (Fsp3) is 0.357. The number of carbonyl (C=O) groups excluding carboxylic acids is 1. The highest BCUT2D eigenvalue weighted by Gasteiger charge is 2.21. The number of fused-ring (bicyclic) bond motifs is 1. The van der Waals surface area contributed by atoms with Gasteiger partial charge in [0.1, 0.15) is 11.4 Å². The summed E-state index contributed by atoms with van der Waals surface area (Å²) >= 11 is 0. The van der Waals surface area contributed by atoms with Crippen molar-refractivity contribution < 1.29 is 14.3 Å². The summed E-state index contributed by atoms with van der Waals surface area (Å²) < 4.78 is 12.7. The molecule has 0 aliphatic heterocycles. The summed E-state index contributed by atoms with van der Waals surface area (Å²) in [5.41, 5.74) is 6.71. The standard InChI is InChI=1S/C14H18N2O3/c1-8(2)19-13-10-7-9(18-4)5-6-11(10)16(3)12(13)14(15)17/h5-8H,1-4H3,(H2,15,17). The normalized spacial score (nSPS) is 11.0. The van der Waals surface area contributed by atoms with Crippen LogP contribution in [-0.4, -0.2) is 23.7 Å². The van der Waals surface area contributed by atoms with Gasteiger partial charge in [-0.15, -0.1) is 0 Å². The summed E-state index contributed by atoms with van der Waals surface area (Å²) in [5, 5.41) is 0.823. The molecule has 0 saturated carbocycles. The van der Waals surface area contributed by atoms with Crippen molar-refractivity contribution in [1.29, 1.82) is 0 Å². The number of aryl methyl sites for hydroxylation is 1. The molecule has 1 amide bonds. The van der Waals surface area contributed by atoms with Gasteiger partial charge in [0.25, 0.3) is 5.91 Å². The second kappa shape index (κ2) is 4.84. The first-order chi connectivity index (χ1) is 8.95. The average molecular weight is 262 g/mol. The first kappa shape index (κ1) is 13.3. The average Bonchev–Trinajstić information content (AvgIpc) is 2.61. The van der Waals surface area contributed by atoms with Gasteiger partial charge in [0.05, 0.1) is 18.7 Å². The second-order valence-corrected chi connectivity index (χ2v) is 4.65. The lowest BCUT2D eigenvalue weighted by molar-refractivity contribution is 0.0987. The zero-order chi connectivity index (χ0) is 14.2. The predicted molar refractivity (Wildman–Crippen MR) is 73.8 cm³/mol. The third-order valence-corrected chi connectivity index (χ3v) is 2.95. The Hall–Kier alpha value is -2.17. The molecule has 102 valence electrons. The number of primary amides is 1. The molecule has 0 unspecified atom stereocenters. The molecule has 0 fully saturated rings. The topological polar surface area (TPSA) is 66.5 Å².